The zero-order valence-corrected chi connectivity index (χ0v) is 9.83. The molecule has 0 spiro atoms. The first-order chi connectivity index (χ1) is 6.76. The second-order valence-electron chi connectivity index (χ2n) is 4.35. The first-order valence-electron chi connectivity index (χ1n) is 4.89. The van der Waals surface area contributed by atoms with E-state index in [0.717, 1.165) is 0 Å². The molecule has 0 heterocycles. The highest BCUT2D eigenvalue weighted by Crippen LogP contribution is 2.09. The maximum atomic E-state index is 11.3. The predicted molar refractivity (Wildman–Crippen MR) is 53.8 cm³/mol. The lowest BCUT2D eigenvalue weighted by Crippen LogP contribution is -2.65. The van der Waals surface area contributed by atoms with Crippen LogP contribution in [0.25, 0.3) is 0 Å². The molecular weight excluding hydrogens is 198 g/mol. The van der Waals surface area contributed by atoms with E-state index in [1.54, 1.807) is 20.8 Å². The number of carbonyl (C=O) groups is 2. The van der Waals surface area contributed by atoms with Crippen molar-refractivity contribution in [2.45, 2.75) is 45.3 Å². The zero-order valence-electron chi connectivity index (χ0n) is 9.83. The van der Waals surface area contributed by atoms with Gasteiger partial charge in [0.25, 0.3) is 0 Å². The average Bonchev–Trinajstić information content (AvgIpc) is 2.10. The van der Waals surface area contributed by atoms with Crippen molar-refractivity contribution >= 4 is 11.9 Å². The molecule has 1 atom stereocenters. The molecule has 15 heavy (non-hydrogen) atoms. The minimum Gasteiger partial charge on any atom is -0.465 e. The maximum absolute atomic E-state index is 11.3. The zero-order chi connectivity index (χ0) is 12.1. The molecule has 0 rings (SSSR count). The number of carbonyl (C=O) groups excluding carboxylic acids is 2. The van der Waals surface area contributed by atoms with Gasteiger partial charge in [0.2, 0.25) is 0 Å². The molecule has 0 fully saturated rings. The van der Waals surface area contributed by atoms with Gasteiger partial charge in [-0.1, -0.05) is 0 Å². The van der Waals surface area contributed by atoms with E-state index in [9.17, 15) is 9.59 Å². The molecule has 0 saturated heterocycles. The number of ether oxygens (including phenoxy) is 2. The van der Waals surface area contributed by atoms with E-state index in [1.807, 2.05) is 0 Å². The summed E-state index contributed by atoms with van der Waals surface area (Å²) in [7, 11) is 1.30. The van der Waals surface area contributed by atoms with Crippen LogP contribution >= 0.6 is 0 Å². The van der Waals surface area contributed by atoms with Crippen LogP contribution in [0.3, 0.4) is 0 Å². The van der Waals surface area contributed by atoms with Crippen molar-refractivity contribution in [3.8, 4) is 0 Å². The summed E-state index contributed by atoms with van der Waals surface area (Å²) >= 11 is 0. The minimum atomic E-state index is -0.512. The molecule has 0 aliphatic carbocycles. The van der Waals surface area contributed by atoms with E-state index in [-0.39, 0.29) is 12.4 Å². The molecule has 0 aromatic rings. The molecule has 0 aliphatic rings. The van der Waals surface area contributed by atoms with Crippen LogP contribution in [0.2, 0.25) is 0 Å². The molecule has 88 valence electrons. The summed E-state index contributed by atoms with van der Waals surface area (Å²) in [5.74, 6) is -0.724. The Morgan fingerprint density at radius 3 is 2.27 bits per heavy atom. The summed E-state index contributed by atoms with van der Waals surface area (Å²) in [4.78, 5) is 22.2. The van der Waals surface area contributed by atoms with Crippen LogP contribution in [0, 0.1) is 0 Å². The van der Waals surface area contributed by atoms with Gasteiger partial charge in [-0.3, -0.25) is 4.79 Å². The monoisotopic (exact) mass is 218 g/mol. The fourth-order valence-corrected chi connectivity index (χ4v) is 0.969. The van der Waals surface area contributed by atoms with Crippen LogP contribution < -0.4 is 5.73 Å². The van der Waals surface area contributed by atoms with Crippen molar-refractivity contribution in [2.75, 3.05) is 7.11 Å². The van der Waals surface area contributed by atoms with Crippen molar-refractivity contribution in [1.82, 2.24) is 0 Å². The topological polar surface area (TPSA) is 80.2 Å². The second-order valence-corrected chi connectivity index (χ2v) is 4.35. The Labute approximate surface area is 89.9 Å². The Morgan fingerprint density at radius 1 is 1.33 bits per heavy atom. The van der Waals surface area contributed by atoms with Crippen molar-refractivity contribution < 1.29 is 24.8 Å². The molecule has 0 aliphatic heterocycles. The molecule has 0 radical (unpaired) electrons. The summed E-state index contributed by atoms with van der Waals surface area (Å²) in [6.45, 7) is 5.40. The van der Waals surface area contributed by atoms with E-state index in [4.69, 9.17) is 4.74 Å². The van der Waals surface area contributed by atoms with Crippen molar-refractivity contribution in [2.24, 2.45) is 0 Å². The Morgan fingerprint density at radius 2 is 1.87 bits per heavy atom. The van der Waals surface area contributed by atoms with Crippen LogP contribution in [0.4, 0.5) is 0 Å². The van der Waals surface area contributed by atoms with Gasteiger partial charge in [0.15, 0.2) is 6.04 Å². The average molecular weight is 218 g/mol. The molecular formula is C10H20NO4+. The summed E-state index contributed by atoms with van der Waals surface area (Å²) in [5, 5.41) is 0. The SMILES string of the molecule is COC(=O)[C@@H]([NH3+])CCC(=O)OC(C)(C)C. The molecule has 0 bridgehead atoms. The number of esters is 2. The summed E-state index contributed by atoms with van der Waals surface area (Å²) < 4.78 is 9.57. The van der Waals surface area contributed by atoms with Gasteiger partial charge in [0.05, 0.1) is 13.5 Å². The summed E-state index contributed by atoms with van der Waals surface area (Å²) in [6, 6.07) is -0.512. The Bertz CT molecular complexity index is 232. The lowest BCUT2D eigenvalue weighted by molar-refractivity contribution is -0.409. The van der Waals surface area contributed by atoms with E-state index >= 15 is 0 Å². The van der Waals surface area contributed by atoms with Crippen molar-refractivity contribution in [1.29, 1.82) is 0 Å². The van der Waals surface area contributed by atoms with Crippen molar-refractivity contribution in [3.63, 3.8) is 0 Å². The van der Waals surface area contributed by atoms with Crippen LogP contribution in [-0.2, 0) is 19.1 Å². The van der Waals surface area contributed by atoms with Crippen LogP contribution in [0.5, 0.6) is 0 Å². The van der Waals surface area contributed by atoms with E-state index in [0.29, 0.717) is 6.42 Å². The number of methoxy groups -OCH3 is 1. The second kappa shape index (κ2) is 5.70. The van der Waals surface area contributed by atoms with Gasteiger partial charge >= 0.3 is 11.9 Å². The summed E-state index contributed by atoms with van der Waals surface area (Å²) in [5.41, 5.74) is 3.11. The lowest BCUT2D eigenvalue weighted by atomic mass is 10.1. The maximum Gasteiger partial charge on any atom is 0.364 e. The molecule has 0 unspecified atom stereocenters. The van der Waals surface area contributed by atoms with Crippen molar-refractivity contribution in [3.05, 3.63) is 0 Å². The molecule has 0 amide bonds. The number of hydrogen-bond acceptors (Lipinski definition) is 4. The van der Waals surface area contributed by atoms with Gasteiger partial charge in [-0.2, -0.15) is 0 Å². The molecule has 5 nitrogen and oxygen atoms in total. The fraction of sp³-hybridized carbons (Fsp3) is 0.800. The number of hydrogen-bond donors (Lipinski definition) is 1. The first kappa shape index (κ1) is 13.9. The van der Waals surface area contributed by atoms with E-state index in [2.05, 4.69) is 10.5 Å². The first-order valence-corrected chi connectivity index (χ1v) is 4.89. The Kier molecular flexibility index (Phi) is 5.28. The minimum absolute atomic E-state index is 0.181. The lowest BCUT2D eigenvalue weighted by Gasteiger charge is -2.19. The number of rotatable bonds is 4. The van der Waals surface area contributed by atoms with E-state index < -0.39 is 17.6 Å². The normalized spacial score (nSPS) is 13.1. The van der Waals surface area contributed by atoms with Gasteiger partial charge in [0.1, 0.15) is 5.60 Å². The molecule has 0 saturated carbocycles. The van der Waals surface area contributed by atoms with Gasteiger partial charge < -0.3 is 15.2 Å². The van der Waals surface area contributed by atoms with Crippen LogP contribution in [0.15, 0.2) is 0 Å². The molecule has 0 aromatic heterocycles. The Hall–Kier alpha value is -1.10. The van der Waals surface area contributed by atoms with Gasteiger partial charge in [-0.25, -0.2) is 4.79 Å². The highest BCUT2D eigenvalue weighted by molar-refractivity contribution is 5.75. The van der Waals surface area contributed by atoms with Gasteiger partial charge in [-0.15, -0.1) is 0 Å². The highest BCUT2D eigenvalue weighted by atomic mass is 16.6. The largest absolute Gasteiger partial charge is 0.465 e. The third-order valence-corrected chi connectivity index (χ3v) is 1.65. The third-order valence-electron chi connectivity index (χ3n) is 1.65. The smallest absolute Gasteiger partial charge is 0.364 e. The molecule has 5 heteroatoms. The Balaban J connectivity index is 3.86. The molecule has 3 N–H and O–H groups in total. The predicted octanol–water partition coefficient (Wildman–Crippen LogP) is -0.108. The standard InChI is InChI=1S/C10H19NO4/c1-10(2,3)15-8(12)6-5-7(11)9(13)14-4/h7H,5-6,11H2,1-4H3/p+1/t7-/m0/s1. The fourth-order valence-electron chi connectivity index (χ4n) is 0.969. The molecule has 0 aromatic carbocycles. The highest BCUT2D eigenvalue weighted by Gasteiger charge is 2.21. The summed E-state index contributed by atoms with van der Waals surface area (Å²) in [6.07, 6.45) is 0.530. The van der Waals surface area contributed by atoms with Gasteiger partial charge in [0, 0.05) is 6.42 Å². The van der Waals surface area contributed by atoms with Crippen LogP contribution in [0.1, 0.15) is 33.6 Å². The van der Waals surface area contributed by atoms with Crippen LogP contribution in [-0.4, -0.2) is 30.7 Å². The quantitative estimate of drug-likeness (QED) is 0.668. The van der Waals surface area contributed by atoms with E-state index in [1.165, 1.54) is 7.11 Å². The third kappa shape index (κ3) is 6.90. The number of quaternary nitrogens is 1. The van der Waals surface area contributed by atoms with Gasteiger partial charge in [-0.05, 0) is 20.8 Å².